The molecule has 0 radical (unpaired) electrons. The topological polar surface area (TPSA) is 71.3 Å². The lowest BCUT2D eigenvalue weighted by Gasteiger charge is -2.20. The van der Waals surface area contributed by atoms with Crippen LogP contribution in [0, 0.1) is 5.82 Å². The molecule has 2 aliphatic rings. The molecule has 10 heteroatoms. The Kier molecular flexibility index (Phi) is 8.82. The number of thioether (sulfide) groups is 1. The number of rotatable bonds is 8. The Bertz CT molecular complexity index is 1340. The van der Waals surface area contributed by atoms with Gasteiger partial charge >= 0.3 is 0 Å². The fourth-order valence-electron chi connectivity index (χ4n) is 5.31. The summed E-state index contributed by atoms with van der Waals surface area (Å²) in [5, 5.41) is 9.47. The van der Waals surface area contributed by atoms with E-state index in [2.05, 4.69) is 15.1 Å². The predicted molar refractivity (Wildman–Crippen MR) is 149 cm³/mol. The Labute approximate surface area is 229 Å². The van der Waals surface area contributed by atoms with Gasteiger partial charge in [0.15, 0.2) is 11.0 Å². The van der Waals surface area contributed by atoms with E-state index in [1.807, 2.05) is 29.8 Å². The van der Waals surface area contributed by atoms with Gasteiger partial charge in [0, 0.05) is 44.5 Å². The van der Waals surface area contributed by atoms with Crippen LogP contribution in [0.2, 0.25) is 0 Å². The maximum atomic E-state index is 13.3. The number of aromatic nitrogens is 3. The SMILES string of the molecule is Cn1c(SCCCN2CCc3ccc(S(=O)(=O)N4CCCCCC4)cc3CC2)nnc1-c1ccc(F)cc1. The summed E-state index contributed by atoms with van der Waals surface area (Å²) in [6.45, 7) is 4.17. The van der Waals surface area contributed by atoms with Crippen LogP contribution in [0.25, 0.3) is 11.4 Å². The van der Waals surface area contributed by atoms with Crippen molar-refractivity contribution in [2.75, 3.05) is 38.5 Å². The molecule has 0 saturated carbocycles. The first kappa shape index (κ1) is 27.3. The molecular weight excluding hydrogens is 521 g/mol. The van der Waals surface area contributed by atoms with Crippen molar-refractivity contribution in [3.8, 4) is 11.4 Å². The monoisotopic (exact) mass is 557 g/mol. The van der Waals surface area contributed by atoms with Crippen molar-refractivity contribution in [3.63, 3.8) is 0 Å². The van der Waals surface area contributed by atoms with Crippen LogP contribution in [0.1, 0.15) is 43.2 Å². The summed E-state index contributed by atoms with van der Waals surface area (Å²) < 4.78 is 43.4. The van der Waals surface area contributed by atoms with Crippen molar-refractivity contribution in [2.24, 2.45) is 7.05 Å². The summed E-state index contributed by atoms with van der Waals surface area (Å²) in [4.78, 5) is 2.93. The molecule has 3 aromatic rings. The van der Waals surface area contributed by atoms with Crippen molar-refractivity contribution in [1.29, 1.82) is 0 Å². The van der Waals surface area contributed by atoms with Gasteiger partial charge in [0.25, 0.3) is 0 Å². The van der Waals surface area contributed by atoms with Crippen molar-refractivity contribution in [2.45, 2.75) is 55.0 Å². The van der Waals surface area contributed by atoms with E-state index in [4.69, 9.17) is 0 Å². The van der Waals surface area contributed by atoms with Gasteiger partial charge in [-0.1, -0.05) is 30.7 Å². The van der Waals surface area contributed by atoms with Crippen molar-refractivity contribution in [3.05, 3.63) is 59.4 Å². The van der Waals surface area contributed by atoms with Crippen molar-refractivity contribution >= 4 is 21.8 Å². The molecule has 5 rings (SSSR count). The lowest BCUT2D eigenvalue weighted by Crippen LogP contribution is -2.32. The molecule has 2 aliphatic heterocycles. The van der Waals surface area contributed by atoms with E-state index in [-0.39, 0.29) is 5.82 Å². The van der Waals surface area contributed by atoms with E-state index in [1.54, 1.807) is 28.2 Å². The lowest BCUT2D eigenvalue weighted by molar-refractivity contribution is 0.289. The molecule has 0 aliphatic carbocycles. The number of halogens is 1. The number of fused-ring (bicyclic) bond motifs is 1. The predicted octanol–water partition coefficient (Wildman–Crippen LogP) is 4.77. The highest BCUT2D eigenvalue weighted by Crippen LogP contribution is 2.26. The third-order valence-corrected chi connectivity index (χ3v) is 10.6. The second kappa shape index (κ2) is 12.3. The van der Waals surface area contributed by atoms with E-state index >= 15 is 0 Å². The molecule has 0 amide bonds. The second-order valence-corrected chi connectivity index (χ2v) is 13.2. The quantitative estimate of drug-likeness (QED) is 0.294. The van der Waals surface area contributed by atoms with Crippen LogP contribution in [0.15, 0.2) is 52.5 Å². The molecule has 1 fully saturated rings. The van der Waals surface area contributed by atoms with Gasteiger partial charge in [-0.3, -0.25) is 0 Å². The average molecular weight is 558 g/mol. The summed E-state index contributed by atoms with van der Waals surface area (Å²) in [5.74, 6) is 1.40. The smallest absolute Gasteiger partial charge is 0.243 e. The van der Waals surface area contributed by atoms with Gasteiger partial charge in [0.1, 0.15) is 5.82 Å². The highest BCUT2D eigenvalue weighted by molar-refractivity contribution is 7.99. The average Bonchev–Trinajstić information content (AvgIpc) is 3.11. The zero-order valence-corrected chi connectivity index (χ0v) is 23.6. The zero-order chi connectivity index (χ0) is 26.5. The minimum atomic E-state index is -3.42. The molecule has 204 valence electrons. The van der Waals surface area contributed by atoms with E-state index in [9.17, 15) is 12.8 Å². The highest BCUT2D eigenvalue weighted by atomic mass is 32.2. The lowest BCUT2D eigenvalue weighted by atomic mass is 10.0. The fraction of sp³-hybridized carbons (Fsp3) is 0.500. The van der Waals surface area contributed by atoms with Gasteiger partial charge in [-0.2, -0.15) is 4.31 Å². The zero-order valence-electron chi connectivity index (χ0n) is 22.0. The molecule has 38 heavy (non-hydrogen) atoms. The van der Waals surface area contributed by atoms with Crippen LogP contribution < -0.4 is 0 Å². The normalized spacial score (nSPS) is 17.6. The van der Waals surface area contributed by atoms with Crippen LogP contribution in [0.5, 0.6) is 0 Å². The Hall–Kier alpha value is -2.27. The van der Waals surface area contributed by atoms with Crippen LogP contribution in [0.3, 0.4) is 0 Å². The standard InChI is InChI=1S/C28H36FN5O2S2/c1-32-27(23-7-10-25(29)11-8-23)30-31-28(32)37-20-6-15-33-18-13-22-9-12-26(21-24(22)14-19-33)38(35,36)34-16-4-2-3-5-17-34/h7-12,21H,2-6,13-20H2,1H3. The molecule has 2 aromatic carbocycles. The fourth-order valence-corrected chi connectivity index (χ4v) is 7.71. The van der Waals surface area contributed by atoms with Gasteiger partial charge in [0.05, 0.1) is 4.90 Å². The molecule has 0 spiro atoms. The summed E-state index contributed by atoms with van der Waals surface area (Å²) in [6.07, 6.45) is 6.95. The molecule has 0 atom stereocenters. The number of hydrogen-bond donors (Lipinski definition) is 0. The number of benzene rings is 2. The molecular formula is C28H36FN5O2S2. The Morgan fingerprint density at radius 2 is 1.61 bits per heavy atom. The number of sulfonamides is 1. The van der Waals surface area contributed by atoms with Gasteiger partial charge < -0.3 is 9.47 Å². The van der Waals surface area contributed by atoms with E-state index < -0.39 is 10.0 Å². The summed E-state index contributed by atoms with van der Waals surface area (Å²) in [5.41, 5.74) is 3.29. The largest absolute Gasteiger partial charge is 0.305 e. The third-order valence-electron chi connectivity index (χ3n) is 7.56. The van der Waals surface area contributed by atoms with Crippen LogP contribution in [-0.4, -0.2) is 70.9 Å². The highest BCUT2D eigenvalue weighted by Gasteiger charge is 2.26. The molecule has 3 heterocycles. The van der Waals surface area contributed by atoms with Gasteiger partial charge in [-0.05, 0) is 86.2 Å². The van der Waals surface area contributed by atoms with Crippen LogP contribution in [0.4, 0.5) is 4.39 Å². The van der Waals surface area contributed by atoms with Crippen LogP contribution >= 0.6 is 11.8 Å². The molecule has 7 nitrogen and oxygen atoms in total. The van der Waals surface area contributed by atoms with Crippen molar-refractivity contribution in [1.82, 2.24) is 24.0 Å². The Balaban J connectivity index is 1.13. The van der Waals surface area contributed by atoms with E-state index in [0.717, 1.165) is 86.9 Å². The molecule has 1 saturated heterocycles. The summed E-state index contributed by atoms with van der Waals surface area (Å²) in [6, 6.07) is 12.1. The first-order valence-corrected chi connectivity index (χ1v) is 16.0. The Morgan fingerprint density at radius 3 is 2.34 bits per heavy atom. The summed E-state index contributed by atoms with van der Waals surface area (Å²) in [7, 11) is -1.48. The van der Waals surface area contributed by atoms with Crippen LogP contribution in [-0.2, 0) is 29.9 Å². The van der Waals surface area contributed by atoms with Gasteiger partial charge in [0.2, 0.25) is 10.0 Å². The molecule has 0 unspecified atom stereocenters. The molecule has 0 bridgehead atoms. The van der Waals surface area contributed by atoms with Gasteiger partial charge in [-0.15, -0.1) is 10.2 Å². The second-order valence-electron chi connectivity index (χ2n) is 10.2. The Morgan fingerprint density at radius 1 is 0.895 bits per heavy atom. The maximum absolute atomic E-state index is 13.3. The maximum Gasteiger partial charge on any atom is 0.243 e. The summed E-state index contributed by atoms with van der Waals surface area (Å²) >= 11 is 1.68. The first-order valence-electron chi connectivity index (χ1n) is 13.5. The minimum absolute atomic E-state index is 0.263. The first-order chi connectivity index (χ1) is 18.4. The van der Waals surface area contributed by atoms with Gasteiger partial charge in [-0.25, -0.2) is 12.8 Å². The number of nitrogens with zero attached hydrogens (tertiary/aromatic N) is 5. The minimum Gasteiger partial charge on any atom is -0.305 e. The van der Waals surface area contributed by atoms with E-state index in [1.165, 1.54) is 23.3 Å². The third kappa shape index (κ3) is 6.30. The van der Waals surface area contributed by atoms with Crippen molar-refractivity contribution < 1.29 is 12.8 Å². The van der Waals surface area contributed by atoms with E-state index in [0.29, 0.717) is 18.0 Å². The molecule has 1 aromatic heterocycles. The number of hydrogen-bond acceptors (Lipinski definition) is 6. The molecule has 0 N–H and O–H groups in total.